The number of aromatic nitrogens is 1. The van der Waals surface area contributed by atoms with Crippen LogP contribution in [0.1, 0.15) is 26.5 Å². The minimum absolute atomic E-state index is 0.177. The van der Waals surface area contributed by atoms with Gasteiger partial charge in [0.2, 0.25) is 10.0 Å². The Hall–Kier alpha value is -2.14. The summed E-state index contributed by atoms with van der Waals surface area (Å²) in [6.45, 7) is 0.559. The average Bonchev–Trinajstić information content (AvgIpc) is 3.32. The molecule has 0 atom stereocenters. The van der Waals surface area contributed by atoms with E-state index in [-0.39, 0.29) is 18.2 Å². The van der Waals surface area contributed by atoms with Gasteiger partial charge in [-0.1, -0.05) is 12.1 Å². The molecule has 2 aromatic heterocycles. The van der Waals surface area contributed by atoms with Gasteiger partial charge < -0.3 is 0 Å². The molecule has 1 N–H and O–H groups in total. The van der Waals surface area contributed by atoms with Crippen LogP contribution in [0.3, 0.4) is 0 Å². The highest BCUT2D eigenvalue weighted by atomic mass is 32.2. The van der Waals surface area contributed by atoms with Crippen molar-refractivity contribution < 1.29 is 17.6 Å². The van der Waals surface area contributed by atoms with E-state index in [1.807, 2.05) is 5.38 Å². The number of hydrogen-bond donors (Lipinski definition) is 1. The molecule has 3 heterocycles. The first-order valence-electron chi connectivity index (χ1n) is 8.45. The van der Waals surface area contributed by atoms with Crippen molar-refractivity contribution in [1.82, 2.24) is 9.29 Å². The summed E-state index contributed by atoms with van der Waals surface area (Å²) in [5.41, 5.74) is 1.93. The number of carbonyl (C=O) groups is 1. The normalized spacial score (nSPS) is 14.6. The van der Waals surface area contributed by atoms with Gasteiger partial charge in [0, 0.05) is 29.8 Å². The molecule has 0 fully saturated rings. The Morgan fingerprint density at radius 1 is 1.25 bits per heavy atom. The molecule has 6 nitrogen and oxygen atoms in total. The number of rotatable bonds is 5. The van der Waals surface area contributed by atoms with Crippen LogP contribution in [0.2, 0.25) is 0 Å². The van der Waals surface area contributed by atoms with Gasteiger partial charge in [0.25, 0.3) is 5.91 Å². The topological polar surface area (TPSA) is 79.4 Å². The van der Waals surface area contributed by atoms with Crippen LogP contribution < -0.4 is 5.32 Å². The van der Waals surface area contributed by atoms with Gasteiger partial charge in [-0.3, -0.25) is 10.1 Å². The quantitative estimate of drug-likeness (QED) is 0.663. The lowest BCUT2D eigenvalue weighted by Gasteiger charge is -2.25. The predicted molar refractivity (Wildman–Crippen MR) is 108 cm³/mol. The summed E-state index contributed by atoms with van der Waals surface area (Å²) in [4.78, 5) is 17.4. The highest BCUT2D eigenvalue weighted by molar-refractivity contribution is 7.88. The van der Waals surface area contributed by atoms with E-state index in [4.69, 9.17) is 0 Å². The minimum Gasteiger partial charge on any atom is -0.298 e. The third kappa shape index (κ3) is 4.14. The van der Waals surface area contributed by atoms with Crippen LogP contribution in [-0.2, 0) is 28.7 Å². The summed E-state index contributed by atoms with van der Waals surface area (Å²) < 4.78 is 39.9. The van der Waals surface area contributed by atoms with Gasteiger partial charge in [0.1, 0.15) is 5.82 Å². The summed E-state index contributed by atoms with van der Waals surface area (Å²) in [6, 6.07) is 7.20. The molecule has 0 saturated carbocycles. The van der Waals surface area contributed by atoms with Crippen molar-refractivity contribution in [2.24, 2.45) is 0 Å². The first-order chi connectivity index (χ1) is 13.4. The van der Waals surface area contributed by atoms with E-state index in [0.29, 0.717) is 29.2 Å². The van der Waals surface area contributed by atoms with E-state index in [2.05, 4.69) is 10.3 Å². The molecule has 10 heteroatoms. The number of nitrogens with zero attached hydrogens (tertiary/aromatic N) is 2. The molecule has 0 spiro atoms. The van der Waals surface area contributed by atoms with Crippen molar-refractivity contribution in [2.75, 3.05) is 11.9 Å². The molecule has 0 radical (unpaired) electrons. The van der Waals surface area contributed by atoms with Crippen LogP contribution in [0, 0.1) is 5.82 Å². The van der Waals surface area contributed by atoms with E-state index >= 15 is 0 Å². The second-order valence-electron chi connectivity index (χ2n) is 6.32. The van der Waals surface area contributed by atoms with Gasteiger partial charge in [-0.25, -0.2) is 17.8 Å². The molecule has 1 aliphatic rings. The van der Waals surface area contributed by atoms with Crippen LogP contribution in [0.5, 0.6) is 0 Å². The van der Waals surface area contributed by atoms with Crippen LogP contribution >= 0.6 is 22.7 Å². The van der Waals surface area contributed by atoms with E-state index in [1.165, 1.54) is 51.2 Å². The Bertz CT molecular complexity index is 1090. The number of amides is 1. The molecule has 0 saturated heterocycles. The first-order valence-corrected chi connectivity index (χ1v) is 11.8. The number of thiophene rings is 1. The van der Waals surface area contributed by atoms with Crippen LogP contribution in [-0.4, -0.2) is 30.2 Å². The molecule has 28 heavy (non-hydrogen) atoms. The monoisotopic (exact) mass is 437 g/mol. The lowest BCUT2D eigenvalue weighted by Crippen LogP contribution is -2.36. The van der Waals surface area contributed by atoms with Crippen LogP contribution in [0.25, 0.3) is 0 Å². The predicted octanol–water partition coefficient (Wildman–Crippen LogP) is 3.48. The number of hydrogen-bond acceptors (Lipinski definition) is 6. The standard InChI is InChI=1S/C18H16FN3O3S3/c19-14-3-1-12(2-4-14)11-28(24,25)22-7-5-15-16(9-22)27-18(20-15)21-17(23)13-6-8-26-10-13/h1-4,6,8,10H,5,7,9,11H2,(H,20,21,23). The molecule has 0 bridgehead atoms. The molecular weight excluding hydrogens is 421 g/mol. The maximum atomic E-state index is 13.0. The maximum Gasteiger partial charge on any atom is 0.258 e. The minimum atomic E-state index is -3.54. The number of benzene rings is 1. The molecular formula is C18H16FN3O3S3. The largest absolute Gasteiger partial charge is 0.298 e. The second kappa shape index (κ2) is 7.70. The third-order valence-corrected chi connectivity index (χ3v) is 7.83. The Kier molecular flexibility index (Phi) is 5.28. The highest BCUT2D eigenvalue weighted by Gasteiger charge is 2.29. The number of halogens is 1. The number of anilines is 1. The van der Waals surface area contributed by atoms with Crippen LogP contribution in [0.15, 0.2) is 41.1 Å². The highest BCUT2D eigenvalue weighted by Crippen LogP contribution is 2.30. The Morgan fingerprint density at radius 3 is 2.75 bits per heavy atom. The van der Waals surface area contributed by atoms with E-state index in [9.17, 15) is 17.6 Å². The number of thiazole rings is 1. The Morgan fingerprint density at radius 2 is 2.04 bits per heavy atom. The summed E-state index contributed by atoms with van der Waals surface area (Å²) in [6.07, 6.45) is 0.489. The van der Waals surface area contributed by atoms with Crippen molar-refractivity contribution in [2.45, 2.75) is 18.7 Å². The summed E-state index contributed by atoms with van der Waals surface area (Å²) >= 11 is 2.73. The number of nitrogens with one attached hydrogen (secondary N) is 1. The zero-order valence-electron chi connectivity index (χ0n) is 14.6. The zero-order chi connectivity index (χ0) is 19.7. The lowest BCUT2D eigenvalue weighted by atomic mass is 10.2. The van der Waals surface area contributed by atoms with E-state index < -0.39 is 15.8 Å². The van der Waals surface area contributed by atoms with Crippen molar-refractivity contribution in [3.05, 3.63) is 68.6 Å². The molecule has 4 rings (SSSR count). The van der Waals surface area contributed by atoms with Crippen molar-refractivity contribution in [3.63, 3.8) is 0 Å². The summed E-state index contributed by atoms with van der Waals surface area (Å²) in [5, 5.41) is 6.82. The lowest BCUT2D eigenvalue weighted by molar-refractivity contribution is 0.102. The van der Waals surface area contributed by atoms with E-state index in [1.54, 1.807) is 11.4 Å². The number of carbonyl (C=O) groups excluding carboxylic acids is 1. The molecule has 146 valence electrons. The van der Waals surface area contributed by atoms with Gasteiger partial charge in [-0.05, 0) is 29.1 Å². The SMILES string of the molecule is O=C(Nc1nc2c(s1)CN(S(=O)(=O)Cc1ccc(F)cc1)CC2)c1ccsc1. The fourth-order valence-corrected chi connectivity index (χ4v) is 6.14. The number of fused-ring (bicyclic) bond motifs is 1. The fourth-order valence-electron chi connectivity index (χ4n) is 2.91. The summed E-state index contributed by atoms with van der Waals surface area (Å²) in [7, 11) is -3.54. The van der Waals surface area contributed by atoms with Gasteiger partial charge in [0.15, 0.2) is 5.13 Å². The second-order valence-corrected chi connectivity index (χ2v) is 10.2. The van der Waals surface area contributed by atoms with Gasteiger partial charge in [0.05, 0.1) is 17.0 Å². The van der Waals surface area contributed by atoms with Crippen molar-refractivity contribution in [3.8, 4) is 0 Å². The average molecular weight is 438 g/mol. The summed E-state index contributed by atoms with van der Waals surface area (Å²) in [5.74, 6) is -0.804. The molecule has 0 unspecified atom stereocenters. The molecule has 3 aromatic rings. The first kappa shape index (κ1) is 19.2. The van der Waals surface area contributed by atoms with Gasteiger partial charge >= 0.3 is 0 Å². The molecule has 1 aromatic carbocycles. The maximum absolute atomic E-state index is 13.0. The van der Waals surface area contributed by atoms with Crippen molar-refractivity contribution in [1.29, 1.82) is 0 Å². The zero-order valence-corrected chi connectivity index (χ0v) is 17.0. The number of sulfonamides is 1. The molecule has 0 aliphatic carbocycles. The van der Waals surface area contributed by atoms with Crippen LogP contribution in [0.4, 0.5) is 9.52 Å². The smallest absolute Gasteiger partial charge is 0.258 e. The molecule has 1 aliphatic heterocycles. The molecule has 1 amide bonds. The third-order valence-electron chi connectivity index (χ3n) is 4.36. The fraction of sp³-hybridized carbons (Fsp3) is 0.222. The van der Waals surface area contributed by atoms with E-state index in [0.717, 1.165) is 10.6 Å². The van der Waals surface area contributed by atoms with Gasteiger partial charge in [-0.2, -0.15) is 15.6 Å². The Labute approximate surface area is 169 Å². The Balaban J connectivity index is 1.46. The van der Waals surface area contributed by atoms with Crippen molar-refractivity contribution >= 4 is 43.7 Å². The van der Waals surface area contributed by atoms with Gasteiger partial charge in [-0.15, -0.1) is 11.3 Å².